The van der Waals surface area contributed by atoms with Crippen LogP contribution in [0.3, 0.4) is 0 Å². The molecule has 2 rings (SSSR count). The van der Waals surface area contributed by atoms with Crippen LogP contribution in [0.4, 0.5) is 4.79 Å². The Balaban J connectivity index is 1.91. The third-order valence-corrected chi connectivity index (χ3v) is 4.34. The minimum Gasteiger partial charge on any atom is -0.454 e. The number of carbonyl (C=O) groups excluding carboxylic acids is 4. The molecule has 0 bridgehead atoms. The maximum Gasteiger partial charge on any atom is 0.329 e. The Hall–Kier alpha value is -3.68. The zero-order valence-electron chi connectivity index (χ0n) is 16.7. The van der Waals surface area contributed by atoms with Crippen molar-refractivity contribution in [2.45, 2.75) is 31.8 Å². The summed E-state index contributed by atoms with van der Waals surface area (Å²) in [5.74, 6) is -1.62. The van der Waals surface area contributed by atoms with E-state index in [1.807, 2.05) is 36.4 Å². The van der Waals surface area contributed by atoms with Gasteiger partial charge in [-0.05, 0) is 24.5 Å². The number of urea groups is 1. The SMILES string of the molecule is CC(=O)[C@H](Cc1ccccc1)NC(=O)COC(=O)[C@H](Cc1ccccc1)NC(N)=O. The van der Waals surface area contributed by atoms with Crippen LogP contribution in [0, 0.1) is 0 Å². The summed E-state index contributed by atoms with van der Waals surface area (Å²) in [6.45, 7) is 0.801. The number of benzene rings is 2. The van der Waals surface area contributed by atoms with Crippen LogP contribution in [0.5, 0.6) is 0 Å². The molecule has 8 heteroatoms. The molecule has 0 saturated carbocycles. The average Bonchev–Trinajstić information content (AvgIpc) is 2.72. The van der Waals surface area contributed by atoms with E-state index >= 15 is 0 Å². The molecule has 2 aromatic rings. The second-order valence-corrected chi connectivity index (χ2v) is 6.78. The van der Waals surface area contributed by atoms with Gasteiger partial charge in [-0.25, -0.2) is 9.59 Å². The van der Waals surface area contributed by atoms with E-state index in [0.717, 1.165) is 11.1 Å². The molecule has 2 aromatic carbocycles. The van der Waals surface area contributed by atoms with E-state index in [9.17, 15) is 19.2 Å². The Bertz CT molecular complexity index is 871. The first-order chi connectivity index (χ1) is 14.3. The maximum atomic E-state index is 12.4. The van der Waals surface area contributed by atoms with Gasteiger partial charge in [-0.3, -0.25) is 9.59 Å². The Morgan fingerprint density at radius 1 is 0.833 bits per heavy atom. The van der Waals surface area contributed by atoms with Gasteiger partial charge in [0.15, 0.2) is 12.4 Å². The number of ketones is 1. The lowest BCUT2D eigenvalue weighted by molar-refractivity contribution is -0.150. The van der Waals surface area contributed by atoms with Crippen LogP contribution in [0.25, 0.3) is 0 Å². The van der Waals surface area contributed by atoms with Crippen molar-refractivity contribution in [3.05, 3.63) is 71.8 Å². The Labute approximate surface area is 174 Å². The molecule has 0 aromatic heterocycles. The standard InChI is InChI=1S/C22H25N3O5/c1-15(26)18(12-16-8-4-2-5-9-16)24-20(27)14-30-21(28)19(25-22(23)29)13-17-10-6-3-7-11-17/h2-11,18-19H,12-14H2,1H3,(H,24,27)(H3,23,25,29)/t18-,19-/m0/s1. The number of primary amides is 1. The highest BCUT2D eigenvalue weighted by Crippen LogP contribution is 2.06. The van der Waals surface area contributed by atoms with Crippen LogP contribution in [0.2, 0.25) is 0 Å². The predicted octanol–water partition coefficient (Wildman–Crippen LogP) is 1.13. The summed E-state index contributed by atoms with van der Waals surface area (Å²) in [6.07, 6.45) is 0.490. The van der Waals surface area contributed by atoms with Gasteiger partial charge in [0.2, 0.25) is 0 Å². The number of nitrogens with two attached hydrogens (primary N) is 1. The monoisotopic (exact) mass is 411 g/mol. The zero-order chi connectivity index (χ0) is 21.9. The van der Waals surface area contributed by atoms with Crippen molar-refractivity contribution in [3.8, 4) is 0 Å². The van der Waals surface area contributed by atoms with Gasteiger partial charge in [0, 0.05) is 6.42 Å². The number of carbonyl (C=O) groups is 4. The third kappa shape index (κ3) is 7.75. The number of ether oxygens (including phenoxy) is 1. The van der Waals surface area contributed by atoms with E-state index in [1.54, 1.807) is 24.3 Å². The lowest BCUT2D eigenvalue weighted by Crippen LogP contribution is -2.47. The average molecular weight is 411 g/mol. The smallest absolute Gasteiger partial charge is 0.329 e. The first-order valence-corrected chi connectivity index (χ1v) is 9.45. The Kier molecular flexibility index (Phi) is 8.56. The van der Waals surface area contributed by atoms with Gasteiger partial charge in [0.1, 0.15) is 6.04 Å². The second-order valence-electron chi connectivity index (χ2n) is 6.78. The summed E-state index contributed by atoms with van der Waals surface area (Å²) in [5.41, 5.74) is 6.82. The van der Waals surface area contributed by atoms with Gasteiger partial charge in [0.05, 0.1) is 6.04 Å². The molecular formula is C22H25N3O5. The van der Waals surface area contributed by atoms with Crippen LogP contribution in [-0.2, 0) is 32.0 Å². The van der Waals surface area contributed by atoms with Crippen LogP contribution in [0.1, 0.15) is 18.1 Å². The molecule has 3 amide bonds. The minimum atomic E-state index is -1.04. The number of hydrogen-bond acceptors (Lipinski definition) is 5. The molecule has 0 fully saturated rings. The summed E-state index contributed by atoms with van der Waals surface area (Å²) >= 11 is 0. The van der Waals surface area contributed by atoms with Gasteiger partial charge in [0.25, 0.3) is 5.91 Å². The number of nitrogens with one attached hydrogen (secondary N) is 2. The predicted molar refractivity (Wildman–Crippen MR) is 110 cm³/mol. The normalized spacial score (nSPS) is 12.3. The third-order valence-electron chi connectivity index (χ3n) is 4.34. The summed E-state index contributed by atoms with van der Waals surface area (Å²) < 4.78 is 5.04. The molecule has 8 nitrogen and oxygen atoms in total. The van der Waals surface area contributed by atoms with Crippen molar-refractivity contribution >= 4 is 23.7 Å². The number of Topliss-reactive ketones (excluding diaryl/α,β-unsaturated/α-hetero) is 1. The van der Waals surface area contributed by atoms with E-state index in [1.165, 1.54) is 6.92 Å². The number of esters is 1. The summed E-state index contributed by atoms with van der Waals surface area (Å²) in [6, 6.07) is 15.6. The summed E-state index contributed by atoms with van der Waals surface area (Å²) in [7, 11) is 0. The molecule has 0 spiro atoms. The summed E-state index contributed by atoms with van der Waals surface area (Å²) in [4.78, 5) is 47.7. The molecule has 4 N–H and O–H groups in total. The highest BCUT2D eigenvalue weighted by atomic mass is 16.5. The fraction of sp³-hybridized carbons (Fsp3) is 0.273. The van der Waals surface area contributed by atoms with Crippen molar-refractivity contribution in [3.63, 3.8) is 0 Å². The Morgan fingerprint density at radius 2 is 1.33 bits per heavy atom. The molecule has 0 unspecified atom stereocenters. The highest BCUT2D eigenvalue weighted by molar-refractivity contribution is 5.89. The van der Waals surface area contributed by atoms with Crippen molar-refractivity contribution in [1.29, 1.82) is 0 Å². The van der Waals surface area contributed by atoms with Crippen LogP contribution >= 0.6 is 0 Å². The van der Waals surface area contributed by atoms with Gasteiger partial charge < -0.3 is 21.1 Å². The molecular weight excluding hydrogens is 386 g/mol. The molecule has 0 aliphatic rings. The molecule has 30 heavy (non-hydrogen) atoms. The highest BCUT2D eigenvalue weighted by Gasteiger charge is 2.24. The van der Waals surface area contributed by atoms with Crippen LogP contribution in [0.15, 0.2) is 60.7 Å². The molecule has 0 heterocycles. The van der Waals surface area contributed by atoms with E-state index in [-0.39, 0.29) is 12.2 Å². The quantitative estimate of drug-likeness (QED) is 0.505. The molecule has 0 aliphatic carbocycles. The van der Waals surface area contributed by atoms with Gasteiger partial charge in [-0.1, -0.05) is 60.7 Å². The molecule has 0 saturated heterocycles. The number of hydrogen-bond donors (Lipinski definition) is 3. The molecule has 0 radical (unpaired) electrons. The van der Waals surface area contributed by atoms with E-state index in [2.05, 4.69) is 10.6 Å². The topological polar surface area (TPSA) is 128 Å². The van der Waals surface area contributed by atoms with Crippen molar-refractivity contribution in [2.75, 3.05) is 6.61 Å². The van der Waals surface area contributed by atoms with Gasteiger partial charge in [-0.15, -0.1) is 0 Å². The van der Waals surface area contributed by atoms with Gasteiger partial charge in [-0.2, -0.15) is 0 Å². The van der Waals surface area contributed by atoms with Crippen molar-refractivity contribution in [1.82, 2.24) is 10.6 Å². The van der Waals surface area contributed by atoms with Crippen LogP contribution < -0.4 is 16.4 Å². The van der Waals surface area contributed by atoms with Crippen LogP contribution in [-0.4, -0.2) is 42.4 Å². The lowest BCUT2D eigenvalue weighted by Gasteiger charge is -2.18. The van der Waals surface area contributed by atoms with E-state index in [0.29, 0.717) is 6.42 Å². The zero-order valence-corrected chi connectivity index (χ0v) is 16.7. The fourth-order valence-electron chi connectivity index (χ4n) is 2.83. The largest absolute Gasteiger partial charge is 0.454 e. The van der Waals surface area contributed by atoms with E-state index in [4.69, 9.17) is 10.5 Å². The van der Waals surface area contributed by atoms with E-state index < -0.39 is 36.6 Å². The number of amides is 3. The summed E-state index contributed by atoms with van der Waals surface area (Å²) in [5, 5.41) is 4.89. The first kappa shape index (κ1) is 22.6. The second kappa shape index (κ2) is 11.4. The fourth-order valence-corrected chi connectivity index (χ4v) is 2.83. The number of rotatable bonds is 10. The maximum absolute atomic E-state index is 12.4. The molecule has 2 atom stereocenters. The lowest BCUT2D eigenvalue weighted by atomic mass is 10.0. The van der Waals surface area contributed by atoms with Gasteiger partial charge >= 0.3 is 12.0 Å². The Morgan fingerprint density at radius 3 is 1.80 bits per heavy atom. The van der Waals surface area contributed by atoms with Crippen molar-refractivity contribution < 1.29 is 23.9 Å². The first-order valence-electron chi connectivity index (χ1n) is 9.45. The molecule has 158 valence electrons. The van der Waals surface area contributed by atoms with Crippen molar-refractivity contribution in [2.24, 2.45) is 5.73 Å². The molecule has 0 aliphatic heterocycles. The minimum absolute atomic E-state index is 0.161.